The Kier molecular flexibility index (Phi) is 17.0. The molecule has 0 heterocycles. The van der Waals surface area contributed by atoms with Crippen molar-refractivity contribution in [2.45, 2.75) is 12.0 Å². The molecule has 0 spiro atoms. The molecule has 2 N–H and O–H groups in total. The van der Waals surface area contributed by atoms with Gasteiger partial charge in [-0.15, -0.1) is 0 Å². The van der Waals surface area contributed by atoms with Crippen molar-refractivity contribution in [2.75, 3.05) is 0 Å². The fraction of sp³-hybridized carbons (Fsp3) is 0.429. The minimum absolute atomic E-state index is 0. The molecular weight excluding hydrogens is 297 g/mol. The van der Waals surface area contributed by atoms with E-state index in [0.29, 0.717) is 0 Å². The van der Waals surface area contributed by atoms with Gasteiger partial charge in [0.15, 0.2) is 0 Å². The summed E-state index contributed by atoms with van der Waals surface area (Å²) in [5, 5.41) is 48.3. The Bertz CT molecular complexity index is 344. The van der Waals surface area contributed by atoms with Gasteiger partial charge in [-0.25, -0.2) is 0 Å². The van der Waals surface area contributed by atoms with Crippen LogP contribution in [0, 0.1) is 5.92 Å². The van der Waals surface area contributed by atoms with Gasteiger partial charge in [0.05, 0.1) is 11.9 Å². The second-order valence-electron chi connectivity index (χ2n) is 2.85. The minimum atomic E-state index is -3.64. The molecule has 9 nitrogen and oxygen atoms in total. The summed E-state index contributed by atoms with van der Waals surface area (Å²) in [4.78, 5) is 41.2. The number of hydrogen-bond acceptors (Lipinski definition) is 8. The molecule has 2 atom stereocenters. The van der Waals surface area contributed by atoms with Crippen LogP contribution in [0.2, 0.25) is 0 Å². The number of aliphatic hydroxyl groups is 1. The predicted molar refractivity (Wildman–Crippen MR) is 35.7 cm³/mol. The average molecular weight is 302 g/mol. The number of carbonyl (C=O) groups is 4. The molecule has 0 aromatic carbocycles. The Labute approximate surface area is 173 Å². The van der Waals surface area contributed by atoms with Crippen molar-refractivity contribution >= 4 is 23.9 Å². The van der Waals surface area contributed by atoms with Crippen LogP contribution in [0.15, 0.2) is 0 Å². The van der Waals surface area contributed by atoms with Crippen LogP contribution >= 0.6 is 0 Å². The summed E-state index contributed by atoms with van der Waals surface area (Å²) < 4.78 is 0. The van der Waals surface area contributed by atoms with Gasteiger partial charge in [-0.2, -0.15) is 0 Å². The summed E-state index contributed by atoms with van der Waals surface area (Å²) in [6.07, 6.45) is -1.75. The summed E-state index contributed by atoms with van der Waals surface area (Å²) in [6, 6.07) is 0. The van der Waals surface area contributed by atoms with Crippen molar-refractivity contribution in [3.63, 3.8) is 0 Å². The maximum Gasteiger partial charge on any atom is 1.00 e. The summed E-state index contributed by atoms with van der Waals surface area (Å²) in [6.45, 7) is 0. The first-order valence-electron chi connectivity index (χ1n) is 3.70. The zero-order valence-corrected chi connectivity index (χ0v) is 16.5. The van der Waals surface area contributed by atoms with E-state index < -0.39 is 41.8 Å². The van der Waals surface area contributed by atoms with Crippen molar-refractivity contribution < 1.29 is 133 Å². The van der Waals surface area contributed by atoms with Crippen LogP contribution in [0.1, 0.15) is 6.42 Å². The number of rotatable bonds is 6. The maximum atomic E-state index is 10.4. The van der Waals surface area contributed by atoms with Gasteiger partial charge < -0.3 is 39.9 Å². The van der Waals surface area contributed by atoms with Gasteiger partial charge in [-0.1, -0.05) is 0 Å². The topological polar surface area (TPSA) is 178 Å². The zero-order chi connectivity index (χ0) is 13.1. The Morgan fingerprint density at radius 1 is 1.00 bits per heavy atom. The molecule has 0 aliphatic rings. The van der Waals surface area contributed by atoms with Gasteiger partial charge in [0, 0.05) is 12.4 Å². The third kappa shape index (κ3) is 8.00. The molecule has 0 saturated carbocycles. The summed E-state index contributed by atoms with van der Waals surface area (Å²) >= 11 is 0. The van der Waals surface area contributed by atoms with Crippen LogP contribution in [0.4, 0.5) is 0 Å². The molecule has 0 aromatic heterocycles. The fourth-order valence-corrected chi connectivity index (χ4v) is 1.01. The van der Waals surface area contributed by atoms with Crippen LogP contribution in [0.5, 0.6) is 0 Å². The number of aliphatic carboxylic acids is 4. The summed E-state index contributed by atoms with van der Waals surface area (Å²) in [7, 11) is 0. The van der Waals surface area contributed by atoms with Crippen LogP contribution < -0.4 is 104 Å². The van der Waals surface area contributed by atoms with Crippen molar-refractivity contribution in [3.8, 4) is 0 Å². The minimum Gasteiger partial charge on any atom is -0.550 e. The smallest absolute Gasteiger partial charge is 0.550 e. The van der Waals surface area contributed by atoms with Crippen LogP contribution in [-0.2, 0) is 19.2 Å². The number of carboxylic acids is 4. The van der Waals surface area contributed by atoms with Gasteiger partial charge in [-0.3, -0.25) is 4.79 Å². The monoisotopic (exact) mass is 302 g/mol. The van der Waals surface area contributed by atoms with Crippen molar-refractivity contribution in [1.29, 1.82) is 0 Å². The molecule has 12 heteroatoms. The van der Waals surface area contributed by atoms with Gasteiger partial charge in [-0.05, 0) is 0 Å². The summed E-state index contributed by atoms with van der Waals surface area (Å²) in [5.41, 5.74) is -3.64. The van der Waals surface area contributed by atoms with Crippen LogP contribution in [0.25, 0.3) is 0 Å². The average Bonchev–Trinajstić information content (AvgIpc) is 1.99. The molecule has 0 bridgehead atoms. The van der Waals surface area contributed by atoms with Gasteiger partial charge in [0.2, 0.25) is 0 Å². The molecule has 2 unspecified atom stereocenters. The molecule has 0 saturated heterocycles. The fourth-order valence-electron chi connectivity index (χ4n) is 1.01. The van der Waals surface area contributed by atoms with E-state index >= 15 is 0 Å². The Morgan fingerprint density at radius 2 is 1.37 bits per heavy atom. The van der Waals surface area contributed by atoms with Gasteiger partial charge in [0.25, 0.3) is 0 Å². The van der Waals surface area contributed by atoms with E-state index in [1.807, 2.05) is 0 Å². The van der Waals surface area contributed by atoms with E-state index in [9.17, 15) is 39.6 Å². The molecule has 0 aliphatic carbocycles. The Hall–Kier alpha value is 0.840. The van der Waals surface area contributed by atoms with E-state index in [0.717, 1.165) is 0 Å². The molecule has 0 radical (unpaired) electrons. The first kappa shape index (κ1) is 28.1. The van der Waals surface area contributed by atoms with Gasteiger partial charge >= 0.3 is 94.6 Å². The van der Waals surface area contributed by atoms with E-state index in [1.165, 1.54) is 0 Å². The zero-order valence-electron chi connectivity index (χ0n) is 10.5. The number of carbonyl (C=O) groups excluding carboxylic acids is 3. The van der Waals surface area contributed by atoms with E-state index in [-0.39, 0.29) is 88.7 Å². The number of carboxylic acid groups (broad SMARTS) is 4. The van der Waals surface area contributed by atoms with E-state index in [1.54, 1.807) is 0 Å². The van der Waals surface area contributed by atoms with E-state index in [2.05, 4.69) is 0 Å². The summed E-state index contributed by atoms with van der Waals surface area (Å²) in [5.74, 6) is -12.4. The van der Waals surface area contributed by atoms with Crippen LogP contribution in [0.3, 0.4) is 0 Å². The number of hydrogen-bond donors (Lipinski definition) is 2. The molecule has 0 fully saturated rings. The largest absolute Gasteiger partial charge is 1.00 e. The van der Waals surface area contributed by atoms with Gasteiger partial charge in [0.1, 0.15) is 11.5 Å². The molecule has 0 amide bonds. The molecule has 0 aliphatic heterocycles. The van der Waals surface area contributed by atoms with Crippen molar-refractivity contribution in [3.05, 3.63) is 0 Å². The molecule has 0 aromatic rings. The molecule has 0 rings (SSSR count). The van der Waals surface area contributed by atoms with E-state index in [4.69, 9.17) is 5.11 Å². The Morgan fingerprint density at radius 3 is 1.53 bits per heavy atom. The predicted octanol–water partition coefficient (Wildman–Crippen LogP) is -14.9. The third-order valence-corrected chi connectivity index (χ3v) is 1.73. The van der Waals surface area contributed by atoms with Crippen molar-refractivity contribution in [1.82, 2.24) is 0 Å². The maximum absolute atomic E-state index is 10.4. The van der Waals surface area contributed by atoms with Crippen LogP contribution in [-0.4, -0.2) is 39.7 Å². The second-order valence-corrected chi connectivity index (χ2v) is 2.85. The Balaban J connectivity index is -0.000000375. The first-order chi connectivity index (χ1) is 7.12. The third-order valence-electron chi connectivity index (χ3n) is 1.73. The molecular formula is C7H5Na3O9. The SMILES string of the molecule is O=C([O-])CC(O)(C(=O)[O-])C(C(=O)[O-])C(=O)O.[Na+].[Na+].[Na+]. The first-order valence-corrected chi connectivity index (χ1v) is 3.70. The standard InChI is InChI=1S/C7H8O9.3Na/c8-2(9)1-7(16,6(14)15)3(4(10)11)5(12)13;;;/h3,16H,1H2,(H,8,9)(H,10,11)(H,12,13)(H,14,15);;;/q;3*+1/p-3. The normalized spacial score (nSPS) is 13.3. The quantitative estimate of drug-likeness (QED) is 0.356. The van der Waals surface area contributed by atoms with Crippen molar-refractivity contribution in [2.24, 2.45) is 5.92 Å². The molecule has 19 heavy (non-hydrogen) atoms. The second kappa shape index (κ2) is 11.5. The molecule has 90 valence electrons.